The Morgan fingerprint density at radius 2 is 1.67 bits per heavy atom. The molecule has 0 aromatic rings. The highest BCUT2D eigenvalue weighted by Gasteiger charge is 2.24. The molecule has 0 aliphatic heterocycles. The first-order valence-corrected chi connectivity index (χ1v) is 7.48. The summed E-state index contributed by atoms with van der Waals surface area (Å²) in [7, 11) is -3.45. The van der Waals surface area contributed by atoms with Crippen LogP contribution in [0.1, 0.15) is 41.0 Å². The van der Waals surface area contributed by atoms with Crippen LogP contribution in [0.3, 0.4) is 0 Å². The lowest BCUT2D eigenvalue weighted by molar-refractivity contribution is 0.0462. The topological polar surface area (TPSA) is 81.7 Å². The number of ether oxygens (including phenoxy) is 1. The summed E-state index contributed by atoms with van der Waals surface area (Å²) in [6, 6.07) is 0. The van der Waals surface area contributed by atoms with E-state index < -0.39 is 27.4 Å². The molecular formula is C11H23NO5S. The zero-order chi connectivity index (χ0) is 14.6. The maximum Gasteiger partial charge on any atom is 0.408 e. The second-order valence-corrected chi connectivity index (χ2v) is 7.43. The Hall–Kier alpha value is -0.820. The van der Waals surface area contributed by atoms with Gasteiger partial charge in [0.1, 0.15) is 5.60 Å². The average Bonchev–Trinajstić information content (AvgIpc) is 1.93. The molecule has 0 aromatic heterocycles. The smallest absolute Gasteiger partial charge is 0.408 e. The van der Waals surface area contributed by atoms with E-state index in [0.29, 0.717) is 6.42 Å². The number of carbonyl (C=O) groups is 1. The Kier molecular flexibility index (Phi) is 5.61. The summed E-state index contributed by atoms with van der Waals surface area (Å²) in [5.41, 5.74) is -1.17. The standard InChI is InChI=1S/C11H23NO5S/c1-10(2,3)17-9(13)12-11(4,5)7-8-16-18(6,14)15/h7-8H2,1-6H3,(H,12,13). The molecule has 0 fully saturated rings. The summed E-state index contributed by atoms with van der Waals surface area (Å²) in [5, 5.41) is 2.66. The number of rotatable bonds is 5. The molecule has 0 rings (SSSR count). The van der Waals surface area contributed by atoms with E-state index in [0.717, 1.165) is 6.26 Å². The predicted molar refractivity (Wildman–Crippen MR) is 68.9 cm³/mol. The highest BCUT2D eigenvalue weighted by Crippen LogP contribution is 2.12. The number of amides is 1. The van der Waals surface area contributed by atoms with Crippen molar-refractivity contribution in [3.8, 4) is 0 Å². The lowest BCUT2D eigenvalue weighted by Crippen LogP contribution is -2.46. The highest BCUT2D eigenvalue weighted by atomic mass is 32.2. The van der Waals surface area contributed by atoms with E-state index in [4.69, 9.17) is 4.74 Å². The van der Waals surface area contributed by atoms with Crippen LogP contribution in [0, 0.1) is 0 Å². The number of hydrogen-bond acceptors (Lipinski definition) is 5. The maximum absolute atomic E-state index is 11.5. The average molecular weight is 281 g/mol. The van der Waals surface area contributed by atoms with E-state index in [-0.39, 0.29) is 6.61 Å². The predicted octanol–water partition coefficient (Wildman–Crippen LogP) is 1.66. The maximum atomic E-state index is 11.5. The Balaban J connectivity index is 4.19. The van der Waals surface area contributed by atoms with Crippen molar-refractivity contribution in [2.45, 2.75) is 52.2 Å². The van der Waals surface area contributed by atoms with Crippen molar-refractivity contribution in [2.24, 2.45) is 0 Å². The van der Waals surface area contributed by atoms with Crippen molar-refractivity contribution < 1.29 is 22.1 Å². The monoisotopic (exact) mass is 281 g/mol. The van der Waals surface area contributed by atoms with Crippen LogP contribution in [-0.2, 0) is 19.0 Å². The van der Waals surface area contributed by atoms with E-state index >= 15 is 0 Å². The first-order valence-electron chi connectivity index (χ1n) is 5.66. The van der Waals surface area contributed by atoms with Crippen molar-refractivity contribution in [1.29, 1.82) is 0 Å². The van der Waals surface area contributed by atoms with Gasteiger partial charge in [-0.3, -0.25) is 4.18 Å². The quantitative estimate of drug-likeness (QED) is 0.775. The first-order chi connectivity index (χ1) is 7.81. The molecule has 0 aromatic carbocycles. The molecule has 0 radical (unpaired) electrons. The summed E-state index contributed by atoms with van der Waals surface area (Å²) >= 11 is 0. The van der Waals surface area contributed by atoms with Crippen molar-refractivity contribution in [1.82, 2.24) is 5.32 Å². The zero-order valence-corrected chi connectivity index (χ0v) is 12.7. The molecule has 1 amide bonds. The summed E-state index contributed by atoms with van der Waals surface area (Å²) in [6.45, 7) is 8.86. The Morgan fingerprint density at radius 3 is 2.06 bits per heavy atom. The molecular weight excluding hydrogens is 258 g/mol. The van der Waals surface area contributed by atoms with E-state index in [9.17, 15) is 13.2 Å². The fourth-order valence-electron chi connectivity index (χ4n) is 1.09. The van der Waals surface area contributed by atoms with Crippen molar-refractivity contribution in [2.75, 3.05) is 12.9 Å². The third-order valence-electron chi connectivity index (χ3n) is 1.86. The van der Waals surface area contributed by atoms with E-state index in [1.54, 1.807) is 34.6 Å². The van der Waals surface area contributed by atoms with Crippen LogP contribution in [0.25, 0.3) is 0 Å². The van der Waals surface area contributed by atoms with Crippen LogP contribution in [0.5, 0.6) is 0 Å². The molecule has 0 unspecified atom stereocenters. The second kappa shape index (κ2) is 5.88. The lowest BCUT2D eigenvalue weighted by atomic mass is 10.0. The van der Waals surface area contributed by atoms with Crippen molar-refractivity contribution in [3.05, 3.63) is 0 Å². The highest BCUT2D eigenvalue weighted by molar-refractivity contribution is 7.85. The normalized spacial score (nSPS) is 13.2. The van der Waals surface area contributed by atoms with Gasteiger partial charge in [0.25, 0.3) is 10.1 Å². The van der Waals surface area contributed by atoms with Crippen LogP contribution in [0.15, 0.2) is 0 Å². The Morgan fingerprint density at radius 1 is 1.17 bits per heavy atom. The molecule has 0 spiro atoms. The molecule has 0 aliphatic rings. The molecule has 6 nitrogen and oxygen atoms in total. The van der Waals surface area contributed by atoms with Gasteiger partial charge in [-0.05, 0) is 41.0 Å². The minimum Gasteiger partial charge on any atom is -0.444 e. The molecule has 0 bridgehead atoms. The van der Waals surface area contributed by atoms with Gasteiger partial charge in [-0.1, -0.05) is 0 Å². The van der Waals surface area contributed by atoms with Crippen LogP contribution in [-0.4, -0.2) is 38.5 Å². The van der Waals surface area contributed by atoms with Crippen molar-refractivity contribution >= 4 is 16.2 Å². The molecule has 0 saturated carbocycles. The fraction of sp³-hybridized carbons (Fsp3) is 0.909. The van der Waals surface area contributed by atoms with Gasteiger partial charge in [0.2, 0.25) is 0 Å². The van der Waals surface area contributed by atoms with E-state index in [1.807, 2.05) is 0 Å². The Bertz CT molecular complexity index is 381. The number of hydrogen-bond donors (Lipinski definition) is 1. The molecule has 18 heavy (non-hydrogen) atoms. The molecule has 108 valence electrons. The number of carbonyl (C=O) groups excluding carboxylic acids is 1. The minimum atomic E-state index is -3.45. The molecule has 7 heteroatoms. The van der Waals surface area contributed by atoms with Gasteiger partial charge in [-0.15, -0.1) is 0 Å². The lowest BCUT2D eigenvalue weighted by Gasteiger charge is -2.28. The Labute approximate surface area is 109 Å². The van der Waals surface area contributed by atoms with Gasteiger partial charge in [0.15, 0.2) is 0 Å². The summed E-state index contributed by atoms with van der Waals surface area (Å²) in [4.78, 5) is 11.5. The number of alkyl carbamates (subject to hydrolysis) is 1. The van der Waals surface area contributed by atoms with Gasteiger partial charge < -0.3 is 10.1 Å². The zero-order valence-electron chi connectivity index (χ0n) is 11.9. The van der Waals surface area contributed by atoms with E-state index in [1.165, 1.54) is 0 Å². The van der Waals surface area contributed by atoms with Crippen LogP contribution in [0.4, 0.5) is 4.79 Å². The summed E-state index contributed by atoms with van der Waals surface area (Å²) in [6.07, 6.45) is 0.813. The summed E-state index contributed by atoms with van der Waals surface area (Å²) < 4.78 is 31.3. The summed E-state index contributed by atoms with van der Waals surface area (Å²) in [5.74, 6) is 0. The van der Waals surface area contributed by atoms with E-state index in [2.05, 4.69) is 9.50 Å². The van der Waals surface area contributed by atoms with Gasteiger partial charge >= 0.3 is 6.09 Å². The van der Waals surface area contributed by atoms with Crippen molar-refractivity contribution in [3.63, 3.8) is 0 Å². The molecule has 0 saturated heterocycles. The molecule has 0 aliphatic carbocycles. The number of nitrogens with one attached hydrogen (secondary N) is 1. The molecule has 1 N–H and O–H groups in total. The van der Waals surface area contributed by atoms with Crippen LogP contribution >= 0.6 is 0 Å². The van der Waals surface area contributed by atoms with Gasteiger partial charge in [0, 0.05) is 5.54 Å². The van der Waals surface area contributed by atoms with Crippen LogP contribution in [0.2, 0.25) is 0 Å². The fourth-order valence-corrected chi connectivity index (χ4v) is 1.48. The van der Waals surface area contributed by atoms with Gasteiger partial charge in [0.05, 0.1) is 12.9 Å². The SMILES string of the molecule is CC(C)(CCOS(C)(=O)=O)NC(=O)OC(C)(C)C. The third kappa shape index (κ3) is 10.3. The van der Waals surface area contributed by atoms with Crippen LogP contribution < -0.4 is 5.32 Å². The van der Waals surface area contributed by atoms with Gasteiger partial charge in [-0.25, -0.2) is 4.79 Å². The molecule has 0 atom stereocenters. The third-order valence-corrected chi connectivity index (χ3v) is 2.46. The second-order valence-electron chi connectivity index (χ2n) is 5.79. The van der Waals surface area contributed by atoms with Gasteiger partial charge in [-0.2, -0.15) is 8.42 Å². The largest absolute Gasteiger partial charge is 0.444 e. The molecule has 0 heterocycles. The first kappa shape index (κ1) is 17.2. The minimum absolute atomic E-state index is 0.0155.